The quantitative estimate of drug-likeness (QED) is 0.605. The monoisotopic (exact) mass is 293 g/mol. The van der Waals surface area contributed by atoms with E-state index in [9.17, 15) is 14.5 Å². The van der Waals surface area contributed by atoms with Gasteiger partial charge in [-0.2, -0.15) is 5.26 Å². The van der Waals surface area contributed by atoms with E-state index < -0.39 is 11.9 Å². The van der Waals surface area contributed by atoms with Crippen molar-refractivity contribution in [3.63, 3.8) is 0 Å². The molecule has 0 bridgehead atoms. The molecule has 0 aromatic heterocycles. The molecular weight excluding hydrogens is 277 g/mol. The molecule has 1 heterocycles. The van der Waals surface area contributed by atoms with Crippen LogP contribution in [0.4, 0.5) is 4.39 Å². The number of halogens is 1. The van der Waals surface area contributed by atoms with Crippen molar-refractivity contribution in [3.8, 4) is 6.07 Å². The second-order valence-electron chi connectivity index (χ2n) is 5.06. The minimum Gasteiger partial charge on any atom is -0.383 e. The number of likely N-dealkylation sites (tertiary alicyclic amines) is 1. The Morgan fingerprint density at radius 2 is 2.33 bits per heavy atom. The standard InChI is InChI=1S/C14H16FN3O3/c1-21-5-4-17-8-12(14(9-17)18(19)20)10-2-3-13(15)11(6-10)7-16/h2-3,6,12,14H,4-5,8-9H2,1H3. The zero-order valence-corrected chi connectivity index (χ0v) is 11.7. The molecular formula is C14H16FN3O3. The Morgan fingerprint density at radius 1 is 1.57 bits per heavy atom. The summed E-state index contributed by atoms with van der Waals surface area (Å²) in [6.45, 7) is 1.96. The maximum absolute atomic E-state index is 13.4. The molecule has 1 fully saturated rings. The summed E-state index contributed by atoms with van der Waals surface area (Å²) in [5.74, 6) is -0.947. The summed E-state index contributed by atoms with van der Waals surface area (Å²) < 4.78 is 18.4. The highest BCUT2D eigenvalue weighted by Crippen LogP contribution is 2.30. The zero-order chi connectivity index (χ0) is 15.4. The van der Waals surface area contributed by atoms with Gasteiger partial charge < -0.3 is 4.74 Å². The van der Waals surface area contributed by atoms with E-state index >= 15 is 0 Å². The molecule has 2 rings (SSSR count). The van der Waals surface area contributed by atoms with Gasteiger partial charge >= 0.3 is 0 Å². The first-order valence-corrected chi connectivity index (χ1v) is 6.61. The molecule has 6 nitrogen and oxygen atoms in total. The molecule has 0 saturated carbocycles. The molecule has 1 aliphatic heterocycles. The lowest BCUT2D eigenvalue weighted by molar-refractivity contribution is -0.521. The molecule has 1 aromatic carbocycles. The van der Waals surface area contributed by atoms with Crippen LogP contribution < -0.4 is 0 Å². The van der Waals surface area contributed by atoms with Gasteiger partial charge in [0.15, 0.2) is 0 Å². The highest BCUT2D eigenvalue weighted by molar-refractivity contribution is 5.37. The SMILES string of the molecule is COCCN1CC(c2ccc(F)c(C#N)c2)C([N+](=O)[O-])C1. The minimum absolute atomic E-state index is 0.0788. The van der Waals surface area contributed by atoms with E-state index in [1.165, 1.54) is 18.2 Å². The maximum atomic E-state index is 13.4. The van der Waals surface area contributed by atoms with E-state index in [-0.39, 0.29) is 16.4 Å². The second-order valence-corrected chi connectivity index (χ2v) is 5.06. The van der Waals surface area contributed by atoms with Gasteiger partial charge in [-0.15, -0.1) is 0 Å². The Hall–Kier alpha value is -2.04. The average molecular weight is 293 g/mol. The summed E-state index contributed by atoms with van der Waals surface area (Å²) in [5, 5.41) is 20.1. The van der Waals surface area contributed by atoms with Gasteiger partial charge in [0.1, 0.15) is 11.9 Å². The van der Waals surface area contributed by atoms with Crippen LogP contribution >= 0.6 is 0 Å². The summed E-state index contributed by atoms with van der Waals surface area (Å²) in [6, 6.07) is 5.15. The zero-order valence-electron chi connectivity index (χ0n) is 11.7. The predicted octanol–water partition coefficient (Wildman–Crippen LogP) is 1.39. The molecule has 112 valence electrons. The Kier molecular flexibility index (Phi) is 4.83. The molecule has 0 radical (unpaired) electrons. The van der Waals surface area contributed by atoms with Crippen LogP contribution in [0.2, 0.25) is 0 Å². The largest absolute Gasteiger partial charge is 0.383 e. The number of hydrogen-bond donors (Lipinski definition) is 0. The summed E-state index contributed by atoms with van der Waals surface area (Å²) in [5.41, 5.74) is 0.555. The van der Waals surface area contributed by atoms with Gasteiger partial charge in [0.2, 0.25) is 6.04 Å². The van der Waals surface area contributed by atoms with Crippen molar-refractivity contribution in [2.45, 2.75) is 12.0 Å². The number of rotatable bonds is 5. The normalized spacial score (nSPS) is 22.1. The summed E-state index contributed by atoms with van der Waals surface area (Å²) >= 11 is 0. The van der Waals surface area contributed by atoms with Crippen molar-refractivity contribution in [1.82, 2.24) is 4.90 Å². The lowest BCUT2D eigenvalue weighted by Gasteiger charge is -2.14. The fraction of sp³-hybridized carbons (Fsp3) is 0.500. The highest BCUT2D eigenvalue weighted by atomic mass is 19.1. The van der Waals surface area contributed by atoms with Crippen LogP contribution in [-0.2, 0) is 4.74 Å². The van der Waals surface area contributed by atoms with Gasteiger partial charge in [-0.05, 0) is 17.7 Å². The molecule has 1 saturated heterocycles. The molecule has 0 spiro atoms. The maximum Gasteiger partial charge on any atom is 0.233 e. The van der Waals surface area contributed by atoms with E-state index in [0.717, 1.165) is 0 Å². The van der Waals surface area contributed by atoms with E-state index in [0.29, 0.717) is 31.8 Å². The van der Waals surface area contributed by atoms with E-state index in [2.05, 4.69) is 0 Å². The van der Waals surface area contributed by atoms with E-state index in [1.54, 1.807) is 13.2 Å². The lowest BCUT2D eigenvalue weighted by atomic mass is 9.93. The minimum atomic E-state index is -0.751. The number of nitro groups is 1. The Morgan fingerprint density at radius 3 is 2.95 bits per heavy atom. The van der Waals surface area contributed by atoms with Gasteiger partial charge in [0.05, 0.1) is 24.6 Å². The topological polar surface area (TPSA) is 79.4 Å². The number of hydrogen-bond acceptors (Lipinski definition) is 5. The number of benzene rings is 1. The molecule has 0 amide bonds. The van der Waals surface area contributed by atoms with Crippen LogP contribution in [0.15, 0.2) is 18.2 Å². The van der Waals surface area contributed by atoms with Crippen LogP contribution in [0.5, 0.6) is 0 Å². The fourth-order valence-corrected chi connectivity index (χ4v) is 2.67. The first-order chi connectivity index (χ1) is 10.1. The van der Waals surface area contributed by atoms with Gasteiger partial charge in [0.25, 0.3) is 0 Å². The van der Waals surface area contributed by atoms with Crippen LogP contribution in [0.3, 0.4) is 0 Å². The molecule has 2 unspecified atom stereocenters. The molecule has 1 aliphatic rings. The number of nitriles is 1. The van der Waals surface area contributed by atoms with Crippen molar-refractivity contribution in [3.05, 3.63) is 45.3 Å². The van der Waals surface area contributed by atoms with Crippen LogP contribution in [0, 0.1) is 27.3 Å². The van der Waals surface area contributed by atoms with Crippen molar-refractivity contribution < 1.29 is 14.1 Å². The van der Waals surface area contributed by atoms with Gasteiger partial charge in [-0.25, -0.2) is 4.39 Å². The van der Waals surface area contributed by atoms with E-state index in [1.807, 2.05) is 4.90 Å². The van der Waals surface area contributed by atoms with Crippen molar-refractivity contribution in [2.75, 3.05) is 33.4 Å². The molecule has 2 atom stereocenters. The van der Waals surface area contributed by atoms with Crippen LogP contribution in [-0.4, -0.2) is 49.2 Å². The Labute approximate surface area is 121 Å². The smallest absolute Gasteiger partial charge is 0.233 e. The van der Waals surface area contributed by atoms with Gasteiger partial charge in [0, 0.05) is 25.1 Å². The fourth-order valence-electron chi connectivity index (χ4n) is 2.67. The predicted molar refractivity (Wildman–Crippen MR) is 73.0 cm³/mol. The number of nitrogens with zero attached hydrogens (tertiary/aromatic N) is 3. The molecule has 7 heteroatoms. The lowest BCUT2D eigenvalue weighted by Crippen LogP contribution is -2.29. The Bertz CT molecular complexity index is 573. The third-order valence-corrected chi connectivity index (χ3v) is 3.79. The van der Waals surface area contributed by atoms with Crippen molar-refractivity contribution >= 4 is 0 Å². The van der Waals surface area contributed by atoms with Crippen LogP contribution in [0.25, 0.3) is 0 Å². The van der Waals surface area contributed by atoms with Crippen LogP contribution in [0.1, 0.15) is 17.0 Å². The third-order valence-electron chi connectivity index (χ3n) is 3.79. The van der Waals surface area contributed by atoms with Gasteiger partial charge in [-0.3, -0.25) is 15.0 Å². The number of ether oxygens (including phenoxy) is 1. The second kappa shape index (κ2) is 6.61. The summed E-state index contributed by atoms with van der Waals surface area (Å²) in [6.07, 6.45) is 0. The molecule has 0 aliphatic carbocycles. The highest BCUT2D eigenvalue weighted by Gasteiger charge is 2.41. The Balaban J connectivity index is 2.23. The molecule has 1 aromatic rings. The van der Waals surface area contributed by atoms with Gasteiger partial charge in [-0.1, -0.05) is 6.07 Å². The molecule has 0 N–H and O–H groups in total. The summed E-state index contributed by atoms with van der Waals surface area (Å²) in [7, 11) is 1.58. The third kappa shape index (κ3) is 3.35. The number of methoxy groups -OCH3 is 1. The first kappa shape index (κ1) is 15.4. The van der Waals surface area contributed by atoms with Crippen molar-refractivity contribution in [1.29, 1.82) is 5.26 Å². The first-order valence-electron chi connectivity index (χ1n) is 6.61. The average Bonchev–Trinajstić information content (AvgIpc) is 2.90. The molecule has 21 heavy (non-hydrogen) atoms. The van der Waals surface area contributed by atoms with Crippen molar-refractivity contribution in [2.24, 2.45) is 0 Å². The summed E-state index contributed by atoms with van der Waals surface area (Å²) in [4.78, 5) is 12.9. The van der Waals surface area contributed by atoms with E-state index in [4.69, 9.17) is 10.00 Å².